The Kier molecular flexibility index (Phi) is 11.6. The lowest BCUT2D eigenvalue weighted by atomic mass is 9.88. The van der Waals surface area contributed by atoms with E-state index in [4.69, 9.17) is 4.99 Å². The quantitative estimate of drug-likeness (QED) is 0.271. The van der Waals surface area contributed by atoms with Gasteiger partial charge in [-0.05, 0) is 70.0 Å². The Morgan fingerprint density at radius 2 is 2.13 bits per heavy atom. The summed E-state index contributed by atoms with van der Waals surface area (Å²) in [6.45, 7) is 8.90. The maximum Gasteiger partial charge on any atom is 0.222 e. The van der Waals surface area contributed by atoms with Gasteiger partial charge in [0.2, 0.25) is 5.91 Å². The molecule has 3 rings (SSSR count). The van der Waals surface area contributed by atoms with Gasteiger partial charge in [0.25, 0.3) is 0 Å². The van der Waals surface area contributed by atoms with Crippen molar-refractivity contribution < 1.29 is 4.79 Å². The molecule has 3 heterocycles. The molecular weight excluding hydrogens is 521 g/mol. The van der Waals surface area contributed by atoms with E-state index in [1.54, 1.807) is 0 Å². The molecule has 1 amide bonds. The third-order valence-corrected chi connectivity index (χ3v) is 7.40. The zero-order valence-corrected chi connectivity index (χ0v) is 22.5. The first-order chi connectivity index (χ1) is 14.6. The van der Waals surface area contributed by atoms with Crippen LogP contribution in [0.25, 0.3) is 0 Å². The van der Waals surface area contributed by atoms with Crippen LogP contribution in [0.15, 0.2) is 22.5 Å². The number of halogens is 1. The molecule has 8 heteroatoms. The first-order valence-corrected chi connectivity index (χ1v) is 12.6. The number of amides is 1. The fourth-order valence-electron chi connectivity index (χ4n) is 4.90. The number of carbonyl (C=O) groups is 1. The average Bonchev–Trinajstić information content (AvgIpc) is 3.41. The summed E-state index contributed by atoms with van der Waals surface area (Å²) in [7, 11) is 2.24. The Labute approximate surface area is 209 Å². The molecule has 0 spiro atoms. The Hall–Kier alpha value is -0.870. The summed E-state index contributed by atoms with van der Waals surface area (Å²) in [5.41, 5.74) is 0. The highest BCUT2D eigenvalue weighted by molar-refractivity contribution is 14.0. The van der Waals surface area contributed by atoms with Crippen molar-refractivity contribution in [3.05, 3.63) is 22.4 Å². The van der Waals surface area contributed by atoms with Crippen molar-refractivity contribution in [1.82, 2.24) is 20.4 Å². The van der Waals surface area contributed by atoms with Crippen molar-refractivity contribution in [2.45, 2.75) is 64.5 Å². The van der Waals surface area contributed by atoms with Crippen molar-refractivity contribution in [3.8, 4) is 0 Å². The minimum absolute atomic E-state index is 0. The highest BCUT2D eigenvalue weighted by atomic mass is 127. The van der Waals surface area contributed by atoms with Crippen LogP contribution in [-0.4, -0.2) is 67.5 Å². The minimum Gasteiger partial charge on any atom is -0.357 e. The third-order valence-electron chi connectivity index (χ3n) is 6.46. The lowest BCUT2D eigenvalue weighted by molar-refractivity contribution is -0.129. The van der Waals surface area contributed by atoms with Gasteiger partial charge in [0.1, 0.15) is 0 Å². The van der Waals surface area contributed by atoms with Crippen LogP contribution in [0.5, 0.6) is 0 Å². The van der Waals surface area contributed by atoms with Crippen LogP contribution in [-0.2, 0) is 4.79 Å². The summed E-state index contributed by atoms with van der Waals surface area (Å²) < 4.78 is 0. The second kappa shape index (κ2) is 13.6. The number of aliphatic imine (C=N–C) groups is 1. The Morgan fingerprint density at radius 1 is 1.29 bits per heavy atom. The number of nitrogens with zero attached hydrogens (tertiary/aromatic N) is 3. The Morgan fingerprint density at radius 3 is 2.77 bits per heavy atom. The van der Waals surface area contributed by atoms with Gasteiger partial charge in [-0.3, -0.25) is 14.7 Å². The van der Waals surface area contributed by atoms with E-state index in [0.29, 0.717) is 23.9 Å². The van der Waals surface area contributed by atoms with Crippen molar-refractivity contribution >= 4 is 47.2 Å². The number of piperidine rings is 1. The Bertz CT molecular complexity index is 684. The van der Waals surface area contributed by atoms with Gasteiger partial charge < -0.3 is 15.5 Å². The lowest BCUT2D eigenvalue weighted by Crippen LogP contribution is -2.42. The van der Waals surface area contributed by atoms with E-state index in [9.17, 15) is 4.79 Å². The molecule has 6 nitrogen and oxygen atoms in total. The molecule has 31 heavy (non-hydrogen) atoms. The van der Waals surface area contributed by atoms with Crippen molar-refractivity contribution in [3.63, 3.8) is 0 Å². The van der Waals surface area contributed by atoms with Gasteiger partial charge in [-0.25, -0.2) is 0 Å². The average molecular weight is 562 g/mol. The molecule has 2 fully saturated rings. The zero-order chi connectivity index (χ0) is 21.3. The second-order valence-corrected chi connectivity index (χ2v) is 9.51. The molecule has 2 saturated heterocycles. The zero-order valence-electron chi connectivity index (χ0n) is 19.3. The molecule has 3 unspecified atom stereocenters. The molecule has 0 aromatic carbocycles. The number of rotatable bonds is 9. The predicted molar refractivity (Wildman–Crippen MR) is 141 cm³/mol. The van der Waals surface area contributed by atoms with Gasteiger partial charge in [-0.1, -0.05) is 13.0 Å². The fraction of sp³-hybridized carbons (Fsp3) is 0.739. The summed E-state index contributed by atoms with van der Waals surface area (Å²) in [6, 6.07) is 5.23. The van der Waals surface area contributed by atoms with E-state index in [-0.39, 0.29) is 24.0 Å². The van der Waals surface area contributed by atoms with Crippen LogP contribution in [0.2, 0.25) is 0 Å². The van der Waals surface area contributed by atoms with Gasteiger partial charge in [0.05, 0.1) is 0 Å². The van der Waals surface area contributed by atoms with E-state index in [0.717, 1.165) is 64.4 Å². The second-order valence-electron chi connectivity index (χ2n) is 8.53. The number of guanidine groups is 1. The molecule has 2 N–H and O–H groups in total. The van der Waals surface area contributed by atoms with Gasteiger partial charge in [-0.15, -0.1) is 35.3 Å². The first kappa shape index (κ1) is 26.4. The van der Waals surface area contributed by atoms with Crippen LogP contribution in [0.4, 0.5) is 0 Å². The van der Waals surface area contributed by atoms with Crippen LogP contribution in [0.3, 0.4) is 0 Å². The summed E-state index contributed by atoms with van der Waals surface area (Å²) in [4.78, 5) is 23.1. The molecule has 0 bridgehead atoms. The monoisotopic (exact) mass is 561 g/mol. The smallest absolute Gasteiger partial charge is 0.222 e. The number of carbonyl (C=O) groups excluding carboxylic acids is 1. The van der Waals surface area contributed by atoms with Crippen LogP contribution in [0, 0.1) is 5.92 Å². The molecule has 1 aromatic rings. The molecule has 1 aromatic heterocycles. The van der Waals surface area contributed by atoms with E-state index in [1.165, 1.54) is 17.7 Å². The molecular formula is C23H40IN5OS. The highest BCUT2D eigenvalue weighted by Crippen LogP contribution is 2.37. The Balaban J connectivity index is 0.00000341. The molecule has 0 radical (unpaired) electrons. The van der Waals surface area contributed by atoms with Crippen LogP contribution < -0.4 is 10.6 Å². The summed E-state index contributed by atoms with van der Waals surface area (Å²) in [5.74, 6) is 1.77. The standard InChI is InChI=1S/C23H39N5OS.HI/c1-4-19(28-15-7-11-21(28)29)12-13-25-23(24-5-2)26-17-18-9-6-14-27(3)22(18)20-10-8-16-30-20;/h8,10,16,18-19,22H,4-7,9,11-15,17H2,1-3H3,(H2,24,25,26);1H. The molecule has 2 aliphatic rings. The normalized spacial score (nSPS) is 23.5. The third kappa shape index (κ3) is 7.32. The molecule has 0 aliphatic carbocycles. The van der Waals surface area contributed by atoms with Crippen molar-refractivity contribution in [2.75, 3.05) is 39.8 Å². The first-order valence-electron chi connectivity index (χ1n) is 11.7. The number of nitrogens with one attached hydrogen (secondary N) is 2. The molecule has 3 atom stereocenters. The maximum absolute atomic E-state index is 12.1. The van der Waals surface area contributed by atoms with Crippen LogP contribution >= 0.6 is 35.3 Å². The van der Waals surface area contributed by atoms with Gasteiger partial charge in [-0.2, -0.15) is 0 Å². The van der Waals surface area contributed by atoms with E-state index in [1.807, 2.05) is 11.3 Å². The van der Waals surface area contributed by atoms with Crippen LogP contribution in [0.1, 0.15) is 63.3 Å². The van der Waals surface area contributed by atoms with Gasteiger partial charge in [0, 0.05) is 49.6 Å². The fourth-order valence-corrected chi connectivity index (χ4v) is 5.89. The van der Waals surface area contributed by atoms with E-state index >= 15 is 0 Å². The predicted octanol–water partition coefficient (Wildman–Crippen LogP) is 4.10. The number of likely N-dealkylation sites (tertiary alicyclic amines) is 2. The lowest BCUT2D eigenvalue weighted by Gasteiger charge is -2.38. The topological polar surface area (TPSA) is 60.0 Å². The van der Waals surface area contributed by atoms with E-state index < -0.39 is 0 Å². The molecule has 0 saturated carbocycles. The highest BCUT2D eigenvalue weighted by Gasteiger charge is 2.31. The maximum atomic E-state index is 12.1. The largest absolute Gasteiger partial charge is 0.357 e. The minimum atomic E-state index is 0. The summed E-state index contributed by atoms with van der Waals surface area (Å²) >= 11 is 1.86. The number of thiophene rings is 1. The number of hydrogen-bond acceptors (Lipinski definition) is 4. The summed E-state index contributed by atoms with van der Waals surface area (Å²) in [5, 5.41) is 9.09. The van der Waals surface area contributed by atoms with E-state index in [2.05, 4.69) is 58.8 Å². The molecule has 2 aliphatic heterocycles. The van der Waals surface area contributed by atoms with Crippen molar-refractivity contribution in [1.29, 1.82) is 0 Å². The molecule has 176 valence electrons. The van der Waals surface area contributed by atoms with Crippen molar-refractivity contribution in [2.24, 2.45) is 10.9 Å². The SMILES string of the molecule is CCNC(=NCC1CCCN(C)C1c1cccs1)NCCC(CC)N1CCCC1=O.I. The van der Waals surface area contributed by atoms with Gasteiger partial charge in [0.15, 0.2) is 5.96 Å². The van der Waals surface area contributed by atoms with Gasteiger partial charge >= 0.3 is 0 Å². The number of hydrogen-bond donors (Lipinski definition) is 2. The summed E-state index contributed by atoms with van der Waals surface area (Å²) in [6.07, 6.45) is 6.17.